The number of benzene rings is 1. The van der Waals surface area contributed by atoms with Gasteiger partial charge in [-0.1, -0.05) is 43.3 Å². The lowest BCUT2D eigenvalue weighted by Crippen LogP contribution is -2.37. The van der Waals surface area contributed by atoms with Crippen LogP contribution >= 0.6 is 0 Å². The molecule has 23 heavy (non-hydrogen) atoms. The van der Waals surface area contributed by atoms with Crippen LogP contribution in [0.3, 0.4) is 0 Å². The van der Waals surface area contributed by atoms with E-state index in [4.69, 9.17) is 14.2 Å². The van der Waals surface area contributed by atoms with Crippen LogP contribution in [-0.4, -0.2) is 30.9 Å². The molecular weight excluding hydrogens is 292 g/mol. The highest BCUT2D eigenvalue weighted by molar-refractivity contribution is 5.72. The molecular formula is C19H26O4. The number of carbonyl (C=O) groups excluding carboxylic acids is 1. The molecule has 2 rings (SSSR count). The number of carbonyl (C=O) groups is 1. The first-order valence-electron chi connectivity index (χ1n) is 8.02. The van der Waals surface area contributed by atoms with Crippen molar-refractivity contribution < 1.29 is 19.0 Å². The van der Waals surface area contributed by atoms with E-state index >= 15 is 0 Å². The van der Waals surface area contributed by atoms with E-state index in [2.05, 4.69) is 0 Å². The smallest absolute Gasteiger partial charge is 0.163 e. The third-order valence-electron chi connectivity index (χ3n) is 3.91. The summed E-state index contributed by atoms with van der Waals surface area (Å²) in [7, 11) is 0. The Bertz CT molecular complexity index is 536. The molecule has 4 nitrogen and oxygen atoms in total. The minimum atomic E-state index is -0.595. The molecule has 0 spiro atoms. The molecule has 1 heterocycles. The molecule has 1 aliphatic rings. The quantitative estimate of drug-likeness (QED) is 0.570. The molecule has 0 aromatic heterocycles. The number of hydrogen-bond acceptors (Lipinski definition) is 4. The fourth-order valence-corrected chi connectivity index (χ4v) is 2.79. The van der Waals surface area contributed by atoms with E-state index in [1.165, 1.54) is 0 Å². The summed E-state index contributed by atoms with van der Waals surface area (Å²) in [5.74, 6) is -0.547. The van der Waals surface area contributed by atoms with Gasteiger partial charge in [0.25, 0.3) is 0 Å². The number of allylic oxidation sites excluding steroid dienone is 1. The van der Waals surface area contributed by atoms with Gasteiger partial charge in [-0.25, -0.2) is 0 Å². The molecule has 0 aliphatic carbocycles. The molecule has 0 bridgehead atoms. The van der Waals surface area contributed by atoms with Crippen LogP contribution in [0.5, 0.6) is 0 Å². The summed E-state index contributed by atoms with van der Waals surface area (Å²) < 4.78 is 17.8. The topological polar surface area (TPSA) is 44.8 Å². The van der Waals surface area contributed by atoms with Gasteiger partial charge >= 0.3 is 0 Å². The Morgan fingerprint density at radius 3 is 2.65 bits per heavy atom. The molecule has 0 saturated carbocycles. The Morgan fingerprint density at radius 1 is 1.39 bits per heavy atom. The van der Waals surface area contributed by atoms with Crippen molar-refractivity contribution in [1.82, 2.24) is 0 Å². The summed E-state index contributed by atoms with van der Waals surface area (Å²) in [5, 5.41) is 0. The minimum Gasteiger partial charge on any atom is -0.370 e. The molecule has 1 aromatic rings. The number of rotatable bonds is 7. The molecule has 0 N–H and O–H groups in total. The normalized spacial score (nSPS) is 23.5. The average Bonchev–Trinajstić information content (AvgIpc) is 2.88. The van der Waals surface area contributed by atoms with Crippen molar-refractivity contribution in [3.8, 4) is 0 Å². The van der Waals surface area contributed by atoms with E-state index in [1.807, 2.05) is 57.2 Å². The summed E-state index contributed by atoms with van der Waals surface area (Å²) >= 11 is 0. The van der Waals surface area contributed by atoms with Gasteiger partial charge in [-0.3, -0.25) is 4.79 Å². The van der Waals surface area contributed by atoms with Crippen molar-refractivity contribution in [3.63, 3.8) is 0 Å². The highest BCUT2D eigenvalue weighted by Crippen LogP contribution is 2.29. The van der Waals surface area contributed by atoms with Gasteiger partial charge < -0.3 is 14.2 Å². The second kappa shape index (κ2) is 7.86. The highest BCUT2D eigenvalue weighted by atomic mass is 16.7. The van der Waals surface area contributed by atoms with Gasteiger partial charge in [0, 0.05) is 5.92 Å². The second-order valence-corrected chi connectivity index (χ2v) is 6.52. The van der Waals surface area contributed by atoms with Crippen LogP contribution in [0.2, 0.25) is 0 Å². The van der Waals surface area contributed by atoms with E-state index < -0.39 is 5.79 Å². The molecule has 4 heteroatoms. The van der Waals surface area contributed by atoms with Crippen LogP contribution in [0.4, 0.5) is 0 Å². The van der Waals surface area contributed by atoms with Crippen LogP contribution in [0.25, 0.3) is 0 Å². The van der Waals surface area contributed by atoms with Gasteiger partial charge in [-0.05, 0) is 31.9 Å². The van der Waals surface area contributed by atoms with Crippen LogP contribution in [-0.2, 0) is 25.6 Å². The predicted molar refractivity (Wildman–Crippen MR) is 88.9 cm³/mol. The fraction of sp³-hybridized carbons (Fsp3) is 0.526. The standard InChI is InChI=1S/C19H26O4/c1-14(11-20)10-15(2)18(17-13-22-19(3,4)23-17)21-12-16-8-6-5-7-9-16/h5-11,15,17-18H,12-13H2,1-4H3/b14-10+/t15-,17-,18+/m1/s1. The van der Waals surface area contributed by atoms with Gasteiger partial charge in [-0.2, -0.15) is 0 Å². The van der Waals surface area contributed by atoms with Crippen molar-refractivity contribution in [2.45, 2.75) is 52.3 Å². The third kappa shape index (κ3) is 5.27. The Kier molecular flexibility index (Phi) is 6.10. The molecule has 3 atom stereocenters. The molecule has 0 amide bonds. The monoisotopic (exact) mass is 318 g/mol. The zero-order chi connectivity index (χ0) is 16.9. The van der Waals surface area contributed by atoms with Crippen molar-refractivity contribution in [2.75, 3.05) is 6.61 Å². The first-order valence-corrected chi connectivity index (χ1v) is 8.02. The van der Waals surface area contributed by atoms with Gasteiger partial charge in [-0.15, -0.1) is 0 Å². The van der Waals surface area contributed by atoms with E-state index in [0.717, 1.165) is 11.8 Å². The zero-order valence-corrected chi connectivity index (χ0v) is 14.3. The zero-order valence-electron chi connectivity index (χ0n) is 14.3. The van der Waals surface area contributed by atoms with Crippen molar-refractivity contribution in [1.29, 1.82) is 0 Å². The summed E-state index contributed by atoms with van der Waals surface area (Å²) in [6.07, 6.45) is 2.46. The Hall–Kier alpha value is -1.49. The molecule has 1 saturated heterocycles. The van der Waals surface area contributed by atoms with Crippen molar-refractivity contribution in [2.24, 2.45) is 5.92 Å². The van der Waals surface area contributed by atoms with Gasteiger partial charge in [0.1, 0.15) is 12.4 Å². The SMILES string of the molecule is C/C(C=O)=C\[C@@H](C)[C@H](OCc1ccccc1)[C@H]1COC(C)(C)O1. The molecule has 0 unspecified atom stereocenters. The predicted octanol–water partition coefficient (Wildman–Crippen LogP) is 3.50. The maximum Gasteiger partial charge on any atom is 0.163 e. The van der Waals surface area contributed by atoms with Crippen LogP contribution in [0.1, 0.15) is 33.3 Å². The average molecular weight is 318 g/mol. The lowest BCUT2D eigenvalue weighted by molar-refractivity contribution is -0.161. The van der Waals surface area contributed by atoms with Gasteiger partial charge in [0.2, 0.25) is 0 Å². The Morgan fingerprint density at radius 2 is 2.09 bits per heavy atom. The largest absolute Gasteiger partial charge is 0.370 e. The van der Waals surface area contributed by atoms with E-state index in [1.54, 1.807) is 6.92 Å². The molecule has 1 aliphatic heterocycles. The van der Waals surface area contributed by atoms with Crippen LogP contribution < -0.4 is 0 Å². The maximum absolute atomic E-state index is 10.9. The lowest BCUT2D eigenvalue weighted by Gasteiger charge is -2.28. The van der Waals surface area contributed by atoms with Crippen molar-refractivity contribution >= 4 is 6.29 Å². The summed E-state index contributed by atoms with van der Waals surface area (Å²) in [5.41, 5.74) is 1.81. The first kappa shape index (κ1) is 17.9. The van der Waals surface area contributed by atoms with Gasteiger partial charge in [0.15, 0.2) is 5.79 Å². The number of hydrogen-bond donors (Lipinski definition) is 0. The van der Waals surface area contributed by atoms with Gasteiger partial charge in [0.05, 0.1) is 19.3 Å². The van der Waals surface area contributed by atoms with Crippen LogP contribution in [0.15, 0.2) is 42.0 Å². The summed E-state index contributed by atoms with van der Waals surface area (Å²) in [6, 6.07) is 10.0. The van der Waals surface area contributed by atoms with E-state index in [-0.39, 0.29) is 18.1 Å². The van der Waals surface area contributed by atoms with Crippen LogP contribution in [0, 0.1) is 5.92 Å². The molecule has 126 valence electrons. The van der Waals surface area contributed by atoms with Crippen molar-refractivity contribution in [3.05, 3.63) is 47.5 Å². The summed E-state index contributed by atoms with van der Waals surface area (Å²) in [4.78, 5) is 10.9. The first-order chi connectivity index (χ1) is 10.9. The molecule has 1 aromatic carbocycles. The number of aldehydes is 1. The van der Waals surface area contributed by atoms with E-state index in [9.17, 15) is 4.79 Å². The lowest BCUT2D eigenvalue weighted by atomic mass is 9.97. The number of ether oxygens (including phenoxy) is 3. The Balaban J connectivity index is 2.09. The maximum atomic E-state index is 10.9. The second-order valence-electron chi connectivity index (χ2n) is 6.52. The highest BCUT2D eigenvalue weighted by Gasteiger charge is 2.39. The van der Waals surface area contributed by atoms with E-state index in [0.29, 0.717) is 18.8 Å². The Labute approximate surface area is 138 Å². The third-order valence-corrected chi connectivity index (χ3v) is 3.91. The fourth-order valence-electron chi connectivity index (χ4n) is 2.79. The molecule has 0 radical (unpaired) electrons. The summed E-state index contributed by atoms with van der Waals surface area (Å²) in [6.45, 7) is 8.64. The minimum absolute atomic E-state index is 0.0476. The molecule has 1 fully saturated rings.